The van der Waals surface area contributed by atoms with Crippen LogP contribution in [-0.2, 0) is 9.53 Å². The first-order valence-electron chi connectivity index (χ1n) is 5.72. The molecule has 5 nitrogen and oxygen atoms in total. The number of hydrogen-bond donors (Lipinski definition) is 2. The molecule has 0 saturated carbocycles. The maximum absolute atomic E-state index is 11.9. The van der Waals surface area contributed by atoms with Gasteiger partial charge < -0.3 is 15.4 Å². The standard InChI is InChI=1S/C10H18F3N3O2/c1-14-4-8-5-16(2-3-18-8)6-9(17)15-7-10(11,12)13/h8,14H,2-7H2,1H3,(H,15,17). The second kappa shape index (κ2) is 6.91. The van der Waals surface area contributed by atoms with Crippen LogP contribution in [0.5, 0.6) is 0 Å². The molecule has 1 rings (SSSR count). The molecule has 0 aromatic heterocycles. The van der Waals surface area contributed by atoms with Crippen molar-refractivity contribution in [2.24, 2.45) is 0 Å². The van der Waals surface area contributed by atoms with Gasteiger partial charge in [-0.2, -0.15) is 13.2 Å². The van der Waals surface area contributed by atoms with Crippen LogP contribution in [0.25, 0.3) is 0 Å². The number of halogens is 3. The zero-order valence-electron chi connectivity index (χ0n) is 10.2. The van der Waals surface area contributed by atoms with E-state index in [9.17, 15) is 18.0 Å². The molecule has 106 valence electrons. The lowest BCUT2D eigenvalue weighted by atomic mass is 10.2. The van der Waals surface area contributed by atoms with Crippen molar-refractivity contribution < 1.29 is 22.7 Å². The lowest BCUT2D eigenvalue weighted by molar-refractivity contribution is -0.140. The van der Waals surface area contributed by atoms with Crippen LogP contribution in [0, 0.1) is 0 Å². The van der Waals surface area contributed by atoms with Crippen molar-refractivity contribution in [1.29, 1.82) is 0 Å². The minimum Gasteiger partial charge on any atom is -0.374 e. The van der Waals surface area contributed by atoms with E-state index >= 15 is 0 Å². The first kappa shape index (κ1) is 15.2. The Bertz CT molecular complexity index is 272. The van der Waals surface area contributed by atoms with E-state index in [4.69, 9.17) is 4.74 Å². The molecule has 0 radical (unpaired) electrons. The third-order valence-electron chi connectivity index (χ3n) is 2.51. The number of carbonyl (C=O) groups excluding carboxylic acids is 1. The van der Waals surface area contributed by atoms with Crippen LogP contribution >= 0.6 is 0 Å². The smallest absolute Gasteiger partial charge is 0.374 e. The normalized spacial score (nSPS) is 21.9. The maximum atomic E-state index is 11.9. The number of hydrogen-bond acceptors (Lipinski definition) is 4. The number of nitrogens with one attached hydrogen (secondary N) is 2. The molecule has 0 aliphatic carbocycles. The average molecular weight is 269 g/mol. The lowest BCUT2D eigenvalue weighted by Gasteiger charge is -2.32. The van der Waals surface area contributed by atoms with Crippen LogP contribution in [0.2, 0.25) is 0 Å². The Hall–Kier alpha value is -0.860. The van der Waals surface area contributed by atoms with Crippen molar-refractivity contribution in [2.75, 3.05) is 46.4 Å². The highest BCUT2D eigenvalue weighted by atomic mass is 19.4. The average Bonchev–Trinajstić information content (AvgIpc) is 2.26. The molecule has 18 heavy (non-hydrogen) atoms. The van der Waals surface area contributed by atoms with Gasteiger partial charge in [-0.3, -0.25) is 9.69 Å². The summed E-state index contributed by atoms with van der Waals surface area (Å²) in [6.45, 7) is 0.926. The number of morpholine rings is 1. The van der Waals surface area contributed by atoms with Gasteiger partial charge in [0, 0.05) is 19.6 Å². The maximum Gasteiger partial charge on any atom is 0.405 e. The van der Waals surface area contributed by atoms with E-state index in [0.29, 0.717) is 26.2 Å². The summed E-state index contributed by atoms with van der Waals surface area (Å²) in [4.78, 5) is 13.1. The van der Waals surface area contributed by atoms with E-state index in [-0.39, 0.29) is 12.6 Å². The molecule has 1 aliphatic heterocycles. The number of likely N-dealkylation sites (N-methyl/N-ethyl adjacent to an activating group) is 1. The van der Waals surface area contributed by atoms with Gasteiger partial charge in [0.1, 0.15) is 6.54 Å². The molecule has 0 bridgehead atoms. The summed E-state index contributed by atoms with van der Waals surface area (Å²) in [5.74, 6) is -0.613. The Balaban J connectivity index is 2.26. The molecule has 1 fully saturated rings. The quantitative estimate of drug-likeness (QED) is 0.712. The van der Waals surface area contributed by atoms with E-state index in [1.807, 2.05) is 5.32 Å². The van der Waals surface area contributed by atoms with Gasteiger partial charge in [0.05, 0.1) is 19.3 Å². The Morgan fingerprint density at radius 3 is 2.83 bits per heavy atom. The predicted molar refractivity (Wildman–Crippen MR) is 59.2 cm³/mol. The largest absolute Gasteiger partial charge is 0.405 e. The fourth-order valence-corrected chi connectivity index (χ4v) is 1.73. The van der Waals surface area contributed by atoms with Gasteiger partial charge in [0.25, 0.3) is 0 Å². The van der Waals surface area contributed by atoms with Crippen LogP contribution in [0.15, 0.2) is 0 Å². The summed E-state index contributed by atoms with van der Waals surface area (Å²) in [6, 6.07) is 0. The Kier molecular flexibility index (Phi) is 5.83. The van der Waals surface area contributed by atoms with Crippen LogP contribution in [0.3, 0.4) is 0 Å². The van der Waals surface area contributed by atoms with Crippen molar-refractivity contribution in [3.05, 3.63) is 0 Å². The van der Waals surface area contributed by atoms with E-state index in [2.05, 4.69) is 5.32 Å². The van der Waals surface area contributed by atoms with E-state index < -0.39 is 18.6 Å². The fourth-order valence-electron chi connectivity index (χ4n) is 1.73. The minimum atomic E-state index is -4.37. The molecule has 0 aromatic rings. The number of alkyl halides is 3. The molecule has 2 N–H and O–H groups in total. The summed E-state index contributed by atoms with van der Waals surface area (Å²) in [7, 11) is 1.79. The Morgan fingerprint density at radius 1 is 1.50 bits per heavy atom. The Morgan fingerprint density at radius 2 is 2.22 bits per heavy atom. The van der Waals surface area contributed by atoms with Gasteiger partial charge in [0.2, 0.25) is 5.91 Å². The first-order valence-corrected chi connectivity index (χ1v) is 5.72. The summed E-state index contributed by atoms with van der Waals surface area (Å²) in [5, 5.41) is 4.81. The number of nitrogens with zero attached hydrogens (tertiary/aromatic N) is 1. The summed E-state index contributed by atoms with van der Waals surface area (Å²) < 4.78 is 41.1. The highest BCUT2D eigenvalue weighted by Crippen LogP contribution is 2.12. The van der Waals surface area contributed by atoms with Crippen LogP contribution in [0.4, 0.5) is 13.2 Å². The minimum absolute atomic E-state index is 0.0281. The Labute approximate surface area is 104 Å². The van der Waals surface area contributed by atoms with Crippen molar-refractivity contribution in [2.45, 2.75) is 12.3 Å². The summed E-state index contributed by atoms with van der Waals surface area (Å²) >= 11 is 0. The monoisotopic (exact) mass is 269 g/mol. The summed E-state index contributed by atoms with van der Waals surface area (Å²) in [6.07, 6.45) is -4.39. The molecular weight excluding hydrogens is 251 g/mol. The lowest BCUT2D eigenvalue weighted by Crippen LogP contribution is -2.50. The van der Waals surface area contributed by atoms with Crippen molar-refractivity contribution in [3.63, 3.8) is 0 Å². The topological polar surface area (TPSA) is 53.6 Å². The second-order valence-corrected chi connectivity index (χ2v) is 4.18. The van der Waals surface area contributed by atoms with Gasteiger partial charge in [-0.05, 0) is 7.05 Å². The van der Waals surface area contributed by atoms with Crippen molar-refractivity contribution >= 4 is 5.91 Å². The van der Waals surface area contributed by atoms with Gasteiger partial charge in [0.15, 0.2) is 0 Å². The molecule has 1 unspecified atom stereocenters. The molecule has 1 heterocycles. The van der Waals surface area contributed by atoms with Crippen molar-refractivity contribution in [3.8, 4) is 0 Å². The number of ether oxygens (including phenoxy) is 1. The number of amides is 1. The SMILES string of the molecule is CNCC1CN(CC(=O)NCC(F)(F)F)CCO1. The van der Waals surface area contributed by atoms with E-state index in [1.165, 1.54) is 0 Å². The molecule has 1 saturated heterocycles. The molecule has 0 spiro atoms. The first-order chi connectivity index (χ1) is 8.40. The predicted octanol–water partition coefficient (Wildman–Crippen LogP) is -0.415. The van der Waals surface area contributed by atoms with Crippen LogP contribution in [0.1, 0.15) is 0 Å². The van der Waals surface area contributed by atoms with Gasteiger partial charge in [-0.1, -0.05) is 0 Å². The van der Waals surface area contributed by atoms with Crippen molar-refractivity contribution in [1.82, 2.24) is 15.5 Å². The number of carbonyl (C=O) groups is 1. The second-order valence-electron chi connectivity index (χ2n) is 4.18. The van der Waals surface area contributed by atoms with Crippen LogP contribution < -0.4 is 10.6 Å². The third kappa shape index (κ3) is 6.18. The van der Waals surface area contributed by atoms with Gasteiger partial charge >= 0.3 is 6.18 Å². The highest BCUT2D eigenvalue weighted by molar-refractivity contribution is 5.78. The van der Waals surface area contributed by atoms with Crippen LogP contribution in [-0.4, -0.2) is 69.5 Å². The van der Waals surface area contributed by atoms with E-state index in [0.717, 1.165) is 0 Å². The third-order valence-corrected chi connectivity index (χ3v) is 2.51. The van der Waals surface area contributed by atoms with Gasteiger partial charge in [-0.25, -0.2) is 0 Å². The summed E-state index contributed by atoms with van der Waals surface area (Å²) in [5.41, 5.74) is 0. The van der Waals surface area contributed by atoms with E-state index in [1.54, 1.807) is 11.9 Å². The molecule has 1 aliphatic rings. The highest BCUT2D eigenvalue weighted by Gasteiger charge is 2.28. The molecule has 0 aromatic carbocycles. The molecular formula is C10H18F3N3O2. The fraction of sp³-hybridized carbons (Fsp3) is 0.900. The zero-order valence-corrected chi connectivity index (χ0v) is 10.2. The molecule has 1 amide bonds. The van der Waals surface area contributed by atoms with Gasteiger partial charge in [-0.15, -0.1) is 0 Å². The zero-order chi connectivity index (χ0) is 13.6. The number of rotatable bonds is 5. The molecule has 8 heteroatoms. The molecule has 1 atom stereocenters.